The number of hydrogen-bond donors (Lipinski definition) is 2. The minimum Gasteiger partial charge on any atom is -0.497 e. The lowest BCUT2D eigenvalue weighted by molar-refractivity contribution is -0.114. The van der Waals surface area contributed by atoms with Crippen LogP contribution in [-0.4, -0.2) is 35.7 Å². The second-order valence-electron chi connectivity index (χ2n) is 8.80. The third kappa shape index (κ3) is 5.36. The van der Waals surface area contributed by atoms with Gasteiger partial charge in [-0.2, -0.15) is 10.1 Å². The molecule has 200 valence electrons. The predicted molar refractivity (Wildman–Crippen MR) is 152 cm³/mol. The van der Waals surface area contributed by atoms with Crippen LogP contribution in [0.1, 0.15) is 33.4 Å². The van der Waals surface area contributed by atoms with Gasteiger partial charge in [0.05, 0.1) is 40.2 Å². The summed E-state index contributed by atoms with van der Waals surface area (Å²) in [6, 6.07) is 21.3. The highest BCUT2D eigenvalue weighted by Gasteiger charge is 2.29. The first-order valence-electron chi connectivity index (χ1n) is 12.0. The molecule has 0 fully saturated rings. The normalized spacial score (nSPS) is 13.9. The minimum absolute atomic E-state index is 0.109. The molecule has 2 amide bonds. The fourth-order valence-corrected chi connectivity index (χ4v) is 4.29. The summed E-state index contributed by atoms with van der Waals surface area (Å²) in [7, 11) is 1.54. The van der Waals surface area contributed by atoms with E-state index in [-0.39, 0.29) is 22.1 Å². The molecule has 0 bridgehead atoms. The lowest BCUT2D eigenvalue weighted by atomic mass is 10.1. The predicted octanol–water partition coefficient (Wildman–Crippen LogP) is 6.37. The third-order valence-corrected chi connectivity index (χ3v) is 6.49. The molecule has 0 radical (unpaired) electrons. The minimum atomic E-state index is -1.06. The standard InChI is InChI=1S/C30H22ClN3O6/c1-17-24(29(36)34(33-17)21-9-6-18(7-10-21)30(37)38)16-23-11-13-27(40-23)19-8-12-26(31)25(14-19)28(35)32-20-4-3-5-22(15-20)39-2/h3-16H,1-2H3,(H,32,35)(H,37,38)/b24-16-. The molecule has 1 aliphatic heterocycles. The molecule has 5 rings (SSSR count). The van der Waals surface area contributed by atoms with Crippen molar-refractivity contribution < 1.29 is 28.6 Å². The van der Waals surface area contributed by atoms with Crippen molar-refractivity contribution in [1.82, 2.24) is 0 Å². The number of carbonyl (C=O) groups excluding carboxylic acids is 2. The molecule has 0 saturated carbocycles. The van der Waals surface area contributed by atoms with Crippen molar-refractivity contribution in [2.75, 3.05) is 17.4 Å². The summed E-state index contributed by atoms with van der Waals surface area (Å²) in [4.78, 5) is 37.2. The summed E-state index contributed by atoms with van der Waals surface area (Å²) in [6.07, 6.45) is 1.59. The highest BCUT2D eigenvalue weighted by molar-refractivity contribution is 6.34. The fourth-order valence-electron chi connectivity index (χ4n) is 4.08. The zero-order chi connectivity index (χ0) is 28.4. The van der Waals surface area contributed by atoms with E-state index in [1.165, 1.54) is 29.3 Å². The molecule has 40 heavy (non-hydrogen) atoms. The van der Waals surface area contributed by atoms with Crippen molar-refractivity contribution in [3.8, 4) is 17.1 Å². The zero-order valence-corrected chi connectivity index (χ0v) is 22.1. The number of carboxylic acid groups (broad SMARTS) is 1. The van der Waals surface area contributed by atoms with Crippen LogP contribution in [-0.2, 0) is 4.79 Å². The maximum absolute atomic E-state index is 13.1. The molecule has 0 saturated heterocycles. The molecular weight excluding hydrogens is 534 g/mol. The average molecular weight is 556 g/mol. The molecule has 0 atom stereocenters. The van der Waals surface area contributed by atoms with Gasteiger partial charge in [0.2, 0.25) is 0 Å². The van der Waals surface area contributed by atoms with Gasteiger partial charge in [-0.3, -0.25) is 9.59 Å². The Morgan fingerprint density at radius 3 is 2.55 bits per heavy atom. The van der Waals surface area contributed by atoms with Crippen molar-refractivity contribution >= 4 is 52.5 Å². The van der Waals surface area contributed by atoms with E-state index in [1.54, 1.807) is 74.7 Å². The van der Waals surface area contributed by atoms with Crippen LogP contribution in [0.25, 0.3) is 17.4 Å². The molecule has 2 heterocycles. The Hall–Kier alpha value is -5.15. The molecule has 0 aliphatic carbocycles. The Kier molecular flexibility index (Phi) is 7.22. The van der Waals surface area contributed by atoms with Gasteiger partial charge in [0, 0.05) is 17.3 Å². The Labute approximate surface area is 233 Å². The van der Waals surface area contributed by atoms with Crippen LogP contribution < -0.4 is 15.1 Å². The average Bonchev–Trinajstić information content (AvgIpc) is 3.53. The van der Waals surface area contributed by atoms with Crippen molar-refractivity contribution in [2.24, 2.45) is 5.10 Å². The van der Waals surface area contributed by atoms with Gasteiger partial charge in [0.1, 0.15) is 17.3 Å². The monoisotopic (exact) mass is 555 g/mol. The summed E-state index contributed by atoms with van der Waals surface area (Å²) in [5.74, 6) is -0.336. The summed E-state index contributed by atoms with van der Waals surface area (Å²) in [5.41, 5.74) is 2.80. The SMILES string of the molecule is COc1cccc(NC(=O)c2cc(-c3ccc(/C=C4\C(=O)N(c5ccc(C(=O)O)cc5)N=C4C)o3)ccc2Cl)c1. The van der Waals surface area contributed by atoms with Gasteiger partial charge in [0.15, 0.2) is 0 Å². The molecular formula is C30H22ClN3O6. The van der Waals surface area contributed by atoms with E-state index in [0.717, 1.165) is 0 Å². The number of halogens is 1. The van der Waals surface area contributed by atoms with Crippen LogP contribution in [0.3, 0.4) is 0 Å². The number of carbonyl (C=O) groups is 3. The largest absolute Gasteiger partial charge is 0.497 e. The van der Waals surface area contributed by atoms with Crippen molar-refractivity contribution in [3.05, 3.63) is 106 Å². The Balaban J connectivity index is 1.36. The molecule has 0 unspecified atom stereocenters. The summed E-state index contributed by atoms with van der Waals surface area (Å²) in [6.45, 7) is 1.70. The van der Waals surface area contributed by atoms with E-state index in [2.05, 4.69) is 10.4 Å². The first-order chi connectivity index (χ1) is 19.2. The lowest BCUT2D eigenvalue weighted by Gasteiger charge is -2.11. The van der Waals surface area contributed by atoms with Gasteiger partial charge < -0.3 is 19.6 Å². The van der Waals surface area contributed by atoms with Crippen molar-refractivity contribution in [1.29, 1.82) is 0 Å². The molecule has 1 aromatic heterocycles. The van der Waals surface area contributed by atoms with E-state index in [4.69, 9.17) is 25.9 Å². The number of rotatable bonds is 7. The number of furan rings is 1. The van der Waals surface area contributed by atoms with Crippen LogP contribution in [0, 0.1) is 0 Å². The van der Waals surface area contributed by atoms with E-state index in [9.17, 15) is 14.4 Å². The van der Waals surface area contributed by atoms with Gasteiger partial charge in [-0.05, 0) is 79.7 Å². The number of hydrazone groups is 1. The number of nitrogens with zero attached hydrogens (tertiary/aromatic N) is 2. The van der Waals surface area contributed by atoms with Crippen LogP contribution >= 0.6 is 11.6 Å². The topological polar surface area (TPSA) is 121 Å². The quantitative estimate of drug-likeness (QED) is 0.256. The van der Waals surface area contributed by atoms with Gasteiger partial charge in [-0.15, -0.1) is 0 Å². The number of amides is 2. The number of hydrogen-bond acceptors (Lipinski definition) is 6. The van der Waals surface area contributed by atoms with Gasteiger partial charge in [-0.1, -0.05) is 17.7 Å². The van der Waals surface area contributed by atoms with E-state index in [1.807, 2.05) is 0 Å². The van der Waals surface area contributed by atoms with Crippen LogP contribution in [0.5, 0.6) is 5.75 Å². The van der Waals surface area contributed by atoms with Gasteiger partial charge in [-0.25, -0.2) is 4.79 Å². The van der Waals surface area contributed by atoms with Crippen molar-refractivity contribution in [2.45, 2.75) is 6.92 Å². The lowest BCUT2D eigenvalue weighted by Crippen LogP contribution is -2.21. The Morgan fingerprint density at radius 1 is 1.05 bits per heavy atom. The molecule has 0 spiro atoms. The number of methoxy groups -OCH3 is 1. The van der Waals surface area contributed by atoms with Gasteiger partial charge in [0.25, 0.3) is 11.8 Å². The van der Waals surface area contributed by atoms with Gasteiger partial charge >= 0.3 is 5.97 Å². The number of benzene rings is 3. The van der Waals surface area contributed by atoms with Crippen molar-refractivity contribution in [3.63, 3.8) is 0 Å². The highest BCUT2D eigenvalue weighted by atomic mass is 35.5. The highest BCUT2D eigenvalue weighted by Crippen LogP contribution is 2.30. The zero-order valence-electron chi connectivity index (χ0n) is 21.3. The first kappa shape index (κ1) is 26.5. The number of aromatic carboxylic acids is 1. The van der Waals surface area contributed by atoms with E-state index in [0.29, 0.717) is 45.5 Å². The maximum Gasteiger partial charge on any atom is 0.335 e. The smallest absolute Gasteiger partial charge is 0.335 e. The maximum atomic E-state index is 13.1. The first-order valence-corrected chi connectivity index (χ1v) is 12.4. The molecule has 9 nitrogen and oxygen atoms in total. The Bertz CT molecular complexity index is 1700. The number of nitrogens with one attached hydrogen (secondary N) is 1. The molecule has 1 aliphatic rings. The summed E-state index contributed by atoms with van der Waals surface area (Å²) >= 11 is 6.33. The molecule has 2 N–H and O–H groups in total. The number of anilines is 2. The Morgan fingerprint density at radius 2 is 1.82 bits per heavy atom. The number of ether oxygens (including phenoxy) is 1. The van der Waals surface area contributed by atoms with E-state index < -0.39 is 11.9 Å². The van der Waals surface area contributed by atoms with E-state index >= 15 is 0 Å². The van der Waals surface area contributed by atoms with Crippen LogP contribution in [0.4, 0.5) is 11.4 Å². The van der Waals surface area contributed by atoms with Crippen LogP contribution in [0.15, 0.2) is 94.0 Å². The molecule has 4 aromatic rings. The summed E-state index contributed by atoms with van der Waals surface area (Å²) < 4.78 is 11.2. The molecule has 10 heteroatoms. The van der Waals surface area contributed by atoms with Crippen LogP contribution in [0.2, 0.25) is 5.02 Å². The summed E-state index contributed by atoms with van der Waals surface area (Å²) in [5, 5.41) is 17.7. The third-order valence-electron chi connectivity index (χ3n) is 6.16. The number of carboxylic acids is 1. The fraction of sp³-hybridized carbons (Fsp3) is 0.0667. The second-order valence-corrected chi connectivity index (χ2v) is 9.20. The molecule has 3 aromatic carbocycles. The second kappa shape index (κ2) is 10.9.